The molecular weight excluding hydrogens is 254 g/mol. The fraction of sp³-hybridized carbons (Fsp3) is 0.933. The van der Waals surface area contributed by atoms with Gasteiger partial charge in [0, 0.05) is 38.1 Å². The van der Waals surface area contributed by atoms with Crippen molar-refractivity contribution in [2.45, 2.75) is 38.6 Å². The zero-order chi connectivity index (χ0) is 14.5. The van der Waals surface area contributed by atoms with Gasteiger partial charge in [-0.25, -0.2) is 0 Å². The Morgan fingerprint density at radius 1 is 1.20 bits per heavy atom. The van der Waals surface area contributed by atoms with Crippen molar-refractivity contribution in [3.63, 3.8) is 0 Å². The predicted molar refractivity (Wildman–Crippen MR) is 79.2 cm³/mol. The summed E-state index contributed by atoms with van der Waals surface area (Å²) >= 11 is 0. The molecule has 5 nitrogen and oxygen atoms in total. The van der Waals surface area contributed by atoms with Crippen LogP contribution in [0.4, 0.5) is 0 Å². The largest absolute Gasteiger partial charge is 0.395 e. The van der Waals surface area contributed by atoms with Gasteiger partial charge in [-0.15, -0.1) is 0 Å². The van der Waals surface area contributed by atoms with Crippen molar-refractivity contribution in [1.82, 2.24) is 9.80 Å². The van der Waals surface area contributed by atoms with Crippen LogP contribution in [-0.2, 0) is 4.79 Å². The lowest BCUT2D eigenvalue weighted by Gasteiger charge is -2.33. The van der Waals surface area contributed by atoms with Crippen molar-refractivity contribution < 1.29 is 9.90 Å². The van der Waals surface area contributed by atoms with Crippen LogP contribution in [0.25, 0.3) is 0 Å². The van der Waals surface area contributed by atoms with E-state index in [1.165, 1.54) is 0 Å². The number of hydrogen-bond acceptors (Lipinski definition) is 4. The molecule has 2 fully saturated rings. The zero-order valence-corrected chi connectivity index (χ0v) is 12.6. The van der Waals surface area contributed by atoms with E-state index in [9.17, 15) is 4.79 Å². The molecule has 2 rings (SSSR count). The first-order valence-corrected chi connectivity index (χ1v) is 7.97. The number of rotatable bonds is 3. The molecule has 0 radical (unpaired) electrons. The maximum absolute atomic E-state index is 12.7. The highest BCUT2D eigenvalue weighted by molar-refractivity contribution is 5.79. The molecule has 1 aliphatic carbocycles. The third-order valence-corrected chi connectivity index (χ3v) is 4.64. The maximum Gasteiger partial charge on any atom is 0.225 e. The summed E-state index contributed by atoms with van der Waals surface area (Å²) in [6.07, 6.45) is 3.89. The highest BCUT2D eigenvalue weighted by Crippen LogP contribution is 2.29. The van der Waals surface area contributed by atoms with E-state index >= 15 is 0 Å². The smallest absolute Gasteiger partial charge is 0.225 e. The quantitative estimate of drug-likeness (QED) is 0.780. The normalized spacial score (nSPS) is 33.0. The summed E-state index contributed by atoms with van der Waals surface area (Å²) in [5.41, 5.74) is 6.07. The molecular formula is C15H29N3O2. The molecule has 3 N–H and O–H groups in total. The summed E-state index contributed by atoms with van der Waals surface area (Å²) in [4.78, 5) is 16.9. The first-order valence-electron chi connectivity index (χ1n) is 7.97. The SMILES string of the molecule is CC1CC(N)CC(C(=O)N2CCCN(CCO)CC2)C1. The minimum Gasteiger partial charge on any atom is -0.395 e. The Labute approximate surface area is 122 Å². The second-order valence-electron chi connectivity index (χ2n) is 6.51. The number of nitrogens with two attached hydrogens (primary N) is 1. The molecule has 0 aromatic heterocycles. The van der Waals surface area contributed by atoms with E-state index in [-0.39, 0.29) is 18.6 Å². The van der Waals surface area contributed by atoms with Crippen LogP contribution in [0.2, 0.25) is 0 Å². The monoisotopic (exact) mass is 283 g/mol. The zero-order valence-electron chi connectivity index (χ0n) is 12.6. The van der Waals surface area contributed by atoms with E-state index in [0.717, 1.165) is 51.9 Å². The highest BCUT2D eigenvalue weighted by atomic mass is 16.3. The predicted octanol–water partition coefficient (Wildman–Crippen LogP) is 0.277. The van der Waals surface area contributed by atoms with Crippen LogP contribution >= 0.6 is 0 Å². The number of amides is 1. The number of β-amino-alcohol motifs (C(OH)–C–C–N with tert-alkyl or cyclic N) is 1. The number of nitrogens with zero attached hydrogens (tertiary/aromatic N) is 2. The van der Waals surface area contributed by atoms with Gasteiger partial charge in [0.15, 0.2) is 0 Å². The topological polar surface area (TPSA) is 69.8 Å². The van der Waals surface area contributed by atoms with Crippen LogP contribution in [0.3, 0.4) is 0 Å². The lowest BCUT2D eigenvalue weighted by atomic mass is 9.79. The van der Waals surface area contributed by atoms with Gasteiger partial charge in [0.05, 0.1) is 6.61 Å². The minimum atomic E-state index is 0.123. The van der Waals surface area contributed by atoms with Crippen molar-refractivity contribution in [3.8, 4) is 0 Å². The number of hydrogen-bond donors (Lipinski definition) is 2. The van der Waals surface area contributed by atoms with E-state index in [1.807, 2.05) is 4.90 Å². The van der Waals surface area contributed by atoms with Gasteiger partial charge < -0.3 is 15.7 Å². The fourth-order valence-corrected chi connectivity index (χ4v) is 3.67. The summed E-state index contributed by atoms with van der Waals surface area (Å²) in [7, 11) is 0. The molecule has 20 heavy (non-hydrogen) atoms. The summed E-state index contributed by atoms with van der Waals surface area (Å²) < 4.78 is 0. The van der Waals surface area contributed by atoms with Gasteiger partial charge in [0.1, 0.15) is 0 Å². The van der Waals surface area contributed by atoms with Crippen molar-refractivity contribution in [3.05, 3.63) is 0 Å². The first-order chi connectivity index (χ1) is 9.60. The molecule has 1 amide bonds. The molecule has 1 saturated carbocycles. The Morgan fingerprint density at radius 2 is 2.00 bits per heavy atom. The standard InChI is InChI=1S/C15H29N3O2/c1-12-9-13(11-14(16)10-12)15(20)18-4-2-3-17(5-6-18)7-8-19/h12-14,19H,2-11,16H2,1H3. The molecule has 2 aliphatic rings. The second kappa shape index (κ2) is 7.38. The Kier molecular flexibility index (Phi) is 5.81. The average Bonchev–Trinajstić information content (AvgIpc) is 2.63. The number of carbonyl (C=O) groups excluding carboxylic acids is 1. The molecule has 1 saturated heterocycles. The number of aliphatic hydroxyl groups excluding tert-OH is 1. The molecule has 116 valence electrons. The lowest BCUT2D eigenvalue weighted by Crippen LogP contribution is -2.43. The molecule has 1 heterocycles. The van der Waals surface area contributed by atoms with Crippen LogP contribution in [0.5, 0.6) is 0 Å². The van der Waals surface area contributed by atoms with E-state index in [4.69, 9.17) is 10.8 Å². The Balaban J connectivity index is 1.88. The average molecular weight is 283 g/mol. The second-order valence-corrected chi connectivity index (χ2v) is 6.51. The number of aliphatic hydroxyl groups is 1. The van der Waals surface area contributed by atoms with Gasteiger partial charge in [0.25, 0.3) is 0 Å². The molecule has 0 spiro atoms. The third-order valence-electron chi connectivity index (χ3n) is 4.64. The summed E-state index contributed by atoms with van der Waals surface area (Å²) in [5.74, 6) is 0.988. The van der Waals surface area contributed by atoms with Crippen LogP contribution in [0, 0.1) is 11.8 Å². The first kappa shape index (κ1) is 15.7. The van der Waals surface area contributed by atoms with E-state index in [1.54, 1.807) is 0 Å². The number of carbonyl (C=O) groups is 1. The third kappa shape index (κ3) is 4.17. The minimum absolute atomic E-state index is 0.123. The van der Waals surface area contributed by atoms with Crippen LogP contribution in [0.1, 0.15) is 32.6 Å². The molecule has 3 atom stereocenters. The Bertz CT molecular complexity index is 314. The Morgan fingerprint density at radius 3 is 2.70 bits per heavy atom. The van der Waals surface area contributed by atoms with Crippen LogP contribution < -0.4 is 5.73 Å². The van der Waals surface area contributed by atoms with E-state index in [0.29, 0.717) is 18.4 Å². The van der Waals surface area contributed by atoms with Gasteiger partial charge in [-0.2, -0.15) is 0 Å². The molecule has 5 heteroatoms. The maximum atomic E-state index is 12.7. The van der Waals surface area contributed by atoms with E-state index < -0.39 is 0 Å². The summed E-state index contributed by atoms with van der Waals surface area (Å²) in [5, 5.41) is 9.01. The van der Waals surface area contributed by atoms with Gasteiger partial charge in [0.2, 0.25) is 5.91 Å². The summed E-state index contributed by atoms with van der Waals surface area (Å²) in [6, 6.07) is 0.186. The van der Waals surface area contributed by atoms with Crippen molar-refractivity contribution >= 4 is 5.91 Å². The van der Waals surface area contributed by atoms with Crippen LogP contribution in [0.15, 0.2) is 0 Å². The van der Waals surface area contributed by atoms with E-state index in [2.05, 4.69) is 11.8 Å². The summed E-state index contributed by atoms with van der Waals surface area (Å²) in [6.45, 7) is 6.60. The highest BCUT2D eigenvalue weighted by Gasteiger charge is 2.32. The molecule has 0 aromatic rings. The van der Waals surface area contributed by atoms with Crippen molar-refractivity contribution in [2.24, 2.45) is 17.6 Å². The molecule has 0 bridgehead atoms. The van der Waals surface area contributed by atoms with Gasteiger partial charge >= 0.3 is 0 Å². The lowest BCUT2D eigenvalue weighted by molar-refractivity contribution is -0.137. The van der Waals surface area contributed by atoms with Gasteiger partial charge in [-0.05, 0) is 38.1 Å². The van der Waals surface area contributed by atoms with Gasteiger partial charge in [-0.1, -0.05) is 6.92 Å². The van der Waals surface area contributed by atoms with Crippen molar-refractivity contribution in [1.29, 1.82) is 0 Å². The van der Waals surface area contributed by atoms with Gasteiger partial charge in [-0.3, -0.25) is 9.69 Å². The fourth-order valence-electron chi connectivity index (χ4n) is 3.67. The van der Waals surface area contributed by atoms with Crippen molar-refractivity contribution in [2.75, 3.05) is 39.3 Å². The van der Waals surface area contributed by atoms with Crippen LogP contribution in [-0.4, -0.2) is 66.2 Å². The molecule has 1 aliphatic heterocycles. The Hall–Kier alpha value is -0.650. The molecule has 3 unspecified atom stereocenters. The molecule has 0 aromatic carbocycles.